The summed E-state index contributed by atoms with van der Waals surface area (Å²) >= 11 is 0. The van der Waals surface area contributed by atoms with Crippen molar-refractivity contribution in [2.45, 2.75) is 0 Å². The number of carboxylic acids is 1. The molecule has 2 aromatic carbocycles. The van der Waals surface area contributed by atoms with Crippen LogP contribution < -0.4 is 9.47 Å². The number of aromatic nitrogens is 3. The molecule has 8 heteroatoms. The van der Waals surface area contributed by atoms with E-state index in [1.165, 1.54) is 19.2 Å². The van der Waals surface area contributed by atoms with Crippen LogP contribution in [0.5, 0.6) is 17.2 Å². The van der Waals surface area contributed by atoms with Crippen molar-refractivity contribution in [3.05, 3.63) is 54.1 Å². The van der Waals surface area contributed by atoms with E-state index in [9.17, 15) is 15.0 Å². The number of hydrogen-bond acceptors (Lipinski definition) is 6. The Kier molecular flexibility index (Phi) is 4.52. The van der Waals surface area contributed by atoms with Crippen LogP contribution in [0, 0.1) is 0 Å². The van der Waals surface area contributed by atoms with Gasteiger partial charge < -0.3 is 19.7 Å². The lowest BCUT2D eigenvalue weighted by Crippen LogP contribution is -2.00. The highest BCUT2D eigenvalue weighted by atomic mass is 16.5. The van der Waals surface area contributed by atoms with Gasteiger partial charge in [0.25, 0.3) is 0 Å². The summed E-state index contributed by atoms with van der Waals surface area (Å²) in [5.74, 6) is -0.214. The van der Waals surface area contributed by atoms with E-state index in [1.54, 1.807) is 31.4 Å². The summed E-state index contributed by atoms with van der Waals surface area (Å²) in [4.78, 5) is 16.5. The number of hydrogen-bond donors (Lipinski definition) is 3. The Morgan fingerprint density at radius 2 is 1.86 bits per heavy atom. The van der Waals surface area contributed by atoms with E-state index in [0.29, 0.717) is 28.1 Å². The SMILES string of the molecule is COc1cccc(-c2[nH]nc3nc(-c4ccc(O)c(OC)c4)cc(C(=O)O)c23)c1. The Bertz CT molecular complexity index is 1230. The molecule has 0 saturated carbocycles. The molecule has 0 amide bonds. The molecule has 29 heavy (non-hydrogen) atoms. The van der Waals surface area contributed by atoms with Crippen molar-refractivity contribution >= 4 is 17.0 Å². The number of aromatic amines is 1. The maximum absolute atomic E-state index is 12.0. The van der Waals surface area contributed by atoms with Gasteiger partial charge in [-0.3, -0.25) is 5.10 Å². The third-order valence-electron chi connectivity index (χ3n) is 4.59. The molecule has 0 aliphatic carbocycles. The number of carbonyl (C=O) groups is 1. The van der Waals surface area contributed by atoms with Gasteiger partial charge in [-0.1, -0.05) is 12.1 Å². The average molecular weight is 391 g/mol. The van der Waals surface area contributed by atoms with Gasteiger partial charge in [-0.2, -0.15) is 5.10 Å². The quantitative estimate of drug-likeness (QED) is 0.475. The van der Waals surface area contributed by atoms with Gasteiger partial charge in [0.15, 0.2) is 17.1 Å². The molecule has 2 heterocycles. The number of pyridine rings is 1. The van der Waals surface area contributed by atoms with Crippen LogP contribution >= 0.6 is 0 Å². The largest absolute Gasteiger partial charge is 0.504 e. The zero-order chi connectivity index (χ0) is 20.5. The van der Waals surface area contributed by atoms with Crippen molar-refractivity contribution in [3.8, 4) is 39.8 Å². The molecule has 0 spiro atoms. The molecular weight excluding hydrogens is 374 g/mol. The van der Waals surface area contributed by atoms with Gasteiger partial charge in [-0.25, -0.2) is 9.78 Å². The molecule has 0 fully saturated rings. The highest BCUT2D eigenvalue weighted by molar-refractivity contribution is 6.08. The van der Waals surface area contributed by atoms with E-state index in [-0.39, 0.29) is 22.7 Å². The van der Waals surface area contributed by atoms with Crippen LogP contribution in [0.4, 0.5) is 0 Å². The second-order valence-electron chi connectivity index (χ2n) is 6.28. The number of phenols is 1. The molecular formula is C21H17N3O5. The van der Waals surface area contributed by atoms with Crippen molar-refractivity contribution in [2.75, 3.05) is 14.2 Å². The predicted octanol–water partition coefficient (Wildman–Crippen LogP) is 3.71. The number of rotatable bonds is 5. The number of nitrogens with one attached hydrogen (secondary N) is 1. The molecule has 146 valence electrons. The summed E-state index contributed by atoms with van der Waals surface area (Å²) < 4.78 is 10.4. The van der Waals surface area contributed by atoms with Gasteiger partial charge in [-0.05, 0) is 36.4 Å². The molecule has 0 radical (unpaired) electrons. The van der Waals surface area contributed by atoms with Crippen LogP contribution in [0.2, 0.25) is 0 Å². The van der Waals surface area contributed by atoms with E-state index in [1.807, 2.05) is 12.1 Å². The van der Waals surface area contributed by atoms with Gasteiger partial charge in [-0.15, -0.1) is 0 Å². The van der Waals surface area contributed by atoms with Gasteiger partial charge in [0.1, 0.15) is 5.75 Å². The number of ether oxygens (including phenoxy) is 2. The number of aromatic hydroxyl groups is 1. The molecule has 0 atom stereocenters. The van der Waals surface area contributed by atoms with E-state index < -0.39 is 5.97 Å². The van der Waals surface area contributed by atoms with Crippen LogP contribution in [0.15, 0.2) is 48.5 Å². The molecule has 0 saturated heterocycles. The number of methoxy groups -OCH3 is 2. The summed E-state index contributed by atoms with van der Waals surface area (Å²) in [6.45, 7) is 0. The van der Waals surface area contributed by atoms with Gasteiger partial charge in [0.2, 0.25) is 0 Å². The molecule has 0 bridgehead atoms. The Labute approximate surface area is 165 Å². The van der Waals surface area contributed by atoms with Crippen LogP contribution in [-0.2, 0) is 0 Å². The van der Waals surface area contributed by atoms with Crippen molar-refractivity contribution in [1.82, 2.24) is 15.2 Å². The fourth-order valence-corrected chi connectivity index (χ4v) is 3.16. The minimum atomic E-state index is -1.10. The van der Waals surface area contributed by atoms with E-state index in [2.05, 4.69) is 15.2 Å². The van der Waals surface area contributed by atoms with Crippen LogP contribution in [-0.4, -0.2) is 45.6 Å². The fourth-order valence-electron chi connectivity index (χ4n) is 3.16. The Morgan fingerprint density at radius 1 is 1.03 bits per heavy atom. The number of fused-ring (bicyclic) bond motifs is 1. The summed E-state index contributed by atoms with van der Waals surface area (Å²) in [5.41, 5.74) is 2.59. The van der Waals surface area contributed by atoms with E-state index >= 15 is 0 Å². The minimum absolute atomic E-state index is 0.0177. The summed E-state index contributed by atoms with van der Waals surface area (Å²) in [7, 11) is 3.00. The highest BCUT2D eigenvalue weighted by Crippen LogP contribution is 2.35. The smallest absolute Gasteiger partial charge is 0.336 e. The molecule has 0 unspecified atom stereocenters. The van der Waals surface area contributed by atoms with Crippen LogP contribution in [0.25, 0.3) is 33.5 Å². The summed E-state index contributed by atoms with van der Waals surface area (Å²) in [6.07, 6.45) is 0. The average Bonchev–Trinajstić information content (AvgIpc) is 3.17. The van der Waals surface area contributed by atoms with E-state index in [4.69, 9.17) is 9.47 Å². The van der Waals surface area contributed by atoms with Crippen molar-refractivity contribution in [3.63, 3.8) is 0 Å². The first-order valence-corrected chi connectivity index (χ1v) is 8.66. The first-order valence-electron chi connectivity index (χ1n) is 8.66. The lowest BCUT2D eigenvalue weighted by atomic mass is 10.0. The zero-order valence-corrected chi connectivity index (χ0v) is 15.6. The molecule has 2 aromatic heterocycles. The minimum Gasteiger partial charge on any atom is -0.504 e. The third kappa shape index (κ3) is 3.20. The number of phenolic OH excluding ortho intramolecular Hbond substituents is 1. The van der Waals surface area contributed by atoms with Crippen LogP contribution in [0.1, 0.15) is 10.4 Å². The van der Waals surface area contributed by atoms with E-state index in [0.717, 1.165) is 5.56 Å². The summed E-state index contributed by atoms with van der Waals surface area (Å²) in [5, 5.41) is 27.1. The fraction of sp³-hybridized carbons (Fsp3) is 0.0952. The standard InChI is InChI=1S/C21H17N3O5/c1-28-13-5-3-4-12(8-13)19-18-14(21(26)27)10-15(22-20(18)24-23-19)11-6-7-16(25)17(9-11)29-2/h3-10,25H,1-2H3,(H,26,27)(H,22,23,24). The third-order valence-corrected chi connectivity index (χ3v) is 4.59. The van der Waals surface area contributed by atoms with Gasteiger partial charge in [0, 0.05) is 11.1 Å². The van der Waals surface area contributed by atoms with Crippen molar-refractivity contribution in [2.24, 2.45) is 0 Å². The molecule has 3 N–H and O–H groups in total. The molecule has 4 rings (SSSR count). The Morgan fingerprint density at radius 3 is 2.59 bits per heavy atom. The molecule has 4 aromatic rings. The monoisotopic (exact) mass is 391 g/mol. The number of H-pyrrole nitrogens is 1. The maximum atomic E-state index is 12.0. The number of nitrogens with zero attached hydrogens (tertiary/aromatic N) is 2. The lowest BCUT2D eigenvalue weighted by molar-refractivity contribution is 0.0699. The normalized spacial score (nSPS) is 10.8. The van der Waals surface area contributed by atoms with Crippen molar-refractivity contribution < 1.29 is 24.5 Å². The predicted molar refractivity (Wildman–Crippen MR) is 106 cm³/mol. The topological polar surface area (TPSA) is 118 Å². The Hall–Kier alpha value is -4.07. The Balaban J connectivity index is 1.93. The lowest BCUT2D eigenvalue weighted by Gasteiger charge is -2.08. The molecule has 0 aliphatic heterocycles. The first kappa shape index (κ1) is 18.3. The van der Waals surface area contributed by atoms with Gasteiger partial charge in [0.05, 0.1) is 36.6 Å². The number of aromatic carboxylic acids is 1. The van der Waals surface area contributed by atoms with Gasteiger partial charge >= 0.3 is 5.97 Å². The first-order chi connectivity index (χ1) is 14.0. The maximum Gasteiger partial charge on any atom is 0.336 e. The van der Waals surface area contributed by atoms with Crippen LogP contribution in [0.3, 0.4) is 0 Å². The number of carboxylic acid groups (broad SMARTS) is 1. The summed E-state index contributed by atoms with van der Waals surface area (Å²) in [6, 6.07) is 13.4. The highest BCUT2D eigenvalue weighted by Gasteiger charge is 2.20. The molecule has 0 aliphatic rings. The number of benzene rings is 2. The molecule has 8 nitrogen and oxygen atoms in total. The second-order valence-corrected chi connectivity index (χ2v) is 6.28. The second kappa shape index (κ2) is 7.16. The van der Waals surface area contributed by atoms with Crippen molar-refractivity contribution in [1.29, 1.82) is 0 Å². The zero-order valence-electron chi connectivity index (χ0n) is 15.6.